The standard InChI is InChI=1S/C17H13ClN2O4S/c1-11-2-5-15(6-3-11)25(22,23)24-16-7-4-14(18)9-12(16)8-13(10-19)17(20)21/h2-9H,1H3,(H2,20,21)/b13-8+. The second kappa shape index (κ2) is 7.38. The topological polar surface area (TPSA) is 110 Å². The summed E-state index contributed by atoms with van der Waals surface area (Å²) >= 11 is 5.90. The predicted molar refractivity (Wildman–Crippen MR) is 93.2 cm³/mol. The number of aryl methyl sites for hydroxylation is 1. The minimum absolute atomic E-state index is 0.0293. The van der Waals surface area contributed by atoms with Gasteiger partial charge in [-0.05, 0) is 43.3 Å². The quantitative estimate of drug-likeness (QED) is 0.490. The number of halogens is 1. The van der Waals surface area contributed by atoms with Gasteiger partial charge in [-0.2, -0.15) is 13.7 Å². The highest BCUT2D eigenvalue weighted by Gasteiger charge is 2.19. The Morgan fingerprint density at radius 3 is 2.44 bits per heavy atom. The van der Waals surface area contributed by atoms with Crippen LogP contribution in [0.2, 0.25) is 5.02 Å². The Kier molecular flexibility index (Phi) is 5.47. The van der Waals surface area contributed by atoms with Crippen LogP contribution in [0.3, 0.4) is 0 Å². The molecule has 2 aromatic carbocycles. The van der Waals surface area contributed by atoms with Gasteiger partial charge in [0.2, 0.25) is 0 Å². The lowest BCUT2D eigenvalue weighted by atomic mass is 10.1. The Hall–Kier alpha value is -2.82. The average molecular weight is 377 g/mol. The molecule has 0 saturated heterocycles. The summed E-state index contributed by atoms with van der Waals surface area (Å²) in [7, 11) is -4.10. The van der Waals surface area contributed by atoms with Crippen molar-refractivity contribution in [3.63, 3.8) is 0 Å². The van der Waals surface area contributed by atoms with E-state index in [2.05, 4.69) is 0 Å². The van der Waals surface area contributed by atoms with Crippen molar-refractivity contribution in [2.45, 2.75) is 11.8 Å². The SMILES string of the molecule is Cc1ccc(S(=O)(=O)Oc2ccc(Cl)cc2/C=C(\C#N)C(N)=O)cc1. The van der Waals surface area contributed by atoms with Gasteiger partial charge in [-0.25, -0.2) is 0 Å². The largest absolute Gasteiger partial charge is 0.378 e. The van der Waals surface area contributed by atoms with E-state index in [1.54, 1.807) is 18.2 Å². The minimum Gasteiger partial charge on any atom is -0.378 e. The summed E-state index contributed by atoms with van der Waals surface area (Å²) in [5.41, 5.74) is 5.77. The molecule has 0 radical (unpaired) electrons. The smallest absolute Gasteiger partial charge is 0.339 e. The molecule has 0 aliphatic carbocycles. The van der Waals surface area contributed by atoms with Crippen LogP contribution in [0.15, 0.2) is 52.9 Å². The van der Waals surface area contributed by atoms with Crippen molar-refractivity contribution >= 4 is 33.7 Å². The van der Waals surface area contributed by atoms with Crippen molar-refractivity contribution in [1.29, 1.82) is 5.26 Å². The fourth-order valence-electron chi connectivity index (χ4n) is 1.89. The Morgan fingerprint density at radius 2 is 1.88 bits per heavy atom. The van der Waals surface area contributed by atoms with Gasteiger partial charge in [-0.3, -0.25) is 4.79 Å². The second-order valence-electron chi connectivity index (χ2n) is 5.07. The van der Waals surface area contributed by atoms with Gasteiger partial charge in [0.1, 0.15) is 22.3 Å². The molecular formula is C17H13ClN2O4S. The number of carbonyl (C=O) groups is 1. The molecule has 0 saturated carbocycles. The van der Waals surface area contributed by atoms with Gasteiger partial charge in [0.15, 0.2) is 0 Å². The van der Waals surface area contributed by atoms with E-state index in [0.717, 1.165) is 11.6 Å². The first-order valence-corrected chi connectivity index (χ1v) is 8.74. The van der Waals surface area contributed by atoms with Gasteiger partial charge in [0.25, 0.3) is 5.91 Å². The lowest BCUT2D eigenvalue weighted by Gasteiger charge is -2.10. The van der Waals surface area contributed by atoms with Crippen molar-refractivity contribution in [1.82, 2.24) is 0 Å². The average Bonchev–Trinajstić information content (AvgIpc) is 2.54. The third-order valence-electron chi connectivity index (χ3n) is 3.17. The second-order valence-corrected chi connectivity index (χ2v) is 7.05. The van der Waals surface area contributed by atoms with Crippen LogP contribution in [0.25, 0.3) is 6.08 Å². The van der Waals surface area contributed by atoms with E-state index in [1.165, 1.54) is 30.3 Å². The number of rotatable bonds is 5. The van der Waals surface area contributed by atoms with Crippen LogP contribution in [-0.4, -0.2) is 14.3 Å². The van der Waals surface area contributed by atoms with E-state index >= 15 is 0 Å². The zero-order chi connectivity index (χ0) is 18.6. The van der Waals surface area contributed by atoms with E-state index in [1.807, 2.05) is 6.92 Å². The molecule has 0 aliphatic rings. The van der Waals surface area contributed by atoms with Crippen LogP contribution in [0.4, 0.5) is 0 Å². The summed E-state index contributed by atoms with van der Waals surface area (Å²) in [4.78, 5) is 11.2. The lowest BCUT2D eigenvalue weighted by molar-refractivity contribution is -0.114. The van der Waals surface area contributed by atoms with Gasteiger partial charge < -0.3 is 9.92 Å². The molecule has 2 rings (SSSR count). The number of hydrogen-bond acceptors (Lipinski definition) is 5. The first-order valence-electron chi connectivity index (χ1n) is 6.95. The van der Waals surface area contributed by atoms with Crippen molar-refractivity contribution in [3.8, 4) is 11.8 Å². The molecule has 128 valence electrons. The zero-order valence-corrected chi connectivity index (χ0v) is 14.6. The normalized spacial score (nSPS) is 11.6. The molecule has 0 unspecified atom stereocenters. The Labute approximate surface area is 150 Å². The summed E-state index contributed by atoms with van der Waals surface area (Å²) in [5, 5.41) is 9.21. The number of primary amides is 1. The molecule has 25 heavy (non-hydrogen) atoms. The van der Waals surface area contributed by atoms with Crippen LogP contribution in [0.5, 0.6) is 5.75 Å². The first-order chi connectivity index (χ1) is 11.7. The maximum Gasteiger partial charge on any atom is 0.339 e. The van der Waals surface area contributed by atoms with Crippen LogP contribution in [0.1, 0.15) is 11.1 Å². The van der Waals surface area contributed by atoms with Crippen LogP contribution in [0, 0.1) is 18.3 Å². The summed E-state index contributed by atoms with van der Waals surface area (Å²) in [6, 6.07) is 11.9. The molecule has 2 aromatic rings. The number of nitriles is 1. The molecule has 0 aromatic heterocycles. The van der Waals surface area contributed by atoms with E-state index in [9.17, 15) is 13.2 Å². The Morgan fingerprint density at radius 1 is 1.24 bits per heavy atom. The molecule has 0 bridgehead atoms. The molecule has 0 atom stereocenters. The van der Waals surface area contributed by atoms with Gasteiger partial charge in [-0.1, -0.05) is 29.3 Å². The van der Waals surface area contributed by atoms with Gasteiger partial charge in [0, 0.05) is 10.6 Å². The van der Waals surface area contributed by atoms with Gasteiger partial charge >= 0.3 is 10.1 Å². The highest BCUT2D eigenvalue weighted by molar-refractivity contribution is 7.87. The summed E-state index contributed by atoms with van der Waals surface area (Å²) < 4.78 is 30.0. The van der Waals surface area contributed by atoms with E-state index in [0.29, 0.717) is 0 Å². The van der Waals surface area contributed by atoms with Crippen molar-refractivity contribution in [2.75, 3.05) is 0 Å². The molecule has 0 fully saturated rings. The zero-order valence-electron chi connectivity index (χ0n) is 13.1. The third kappa shape index (κ3) is 4.59. The Balaban J connectivity index is 2.48. The third-order valence-corrected chi connectivity index (χ3v) is 4.65. The highest BCUT2D eigenvalue weighted by Crippen LogP contribution is 2.28. The fourth-order valence-corrected chi connectivity index (χ4v) is 3.03. The van der Waals surface area contributed by atoms with Gasteiger partial charge in [0.05, 0.1) is 0 Å². The number of carbonyl (C=O) groups excluding carboxylic acids is 1. The monoisotopic (exact) mass is 376 g/mol. The molecule has 6 nitrogen and oxygen atoms in total. The summed E-state index contributed by atoms with van der Waals surface area (Å²) in [6.45, 7) is 1.83. The molecular weight excluding hydrogens is 364 g/mol. The van der Waals surface area contributed by atoms with Crippen molar-refractivity contribution < 1.29 is 17.4 Å². The first kappa shape index (κ1) is 18.5. The van der Waals surface area contributed by atoms with Crippen molar-refractivity contribution in [2.24, 2.45) is 5.73 Å². The predicted octanol–water partition coefficient (Wildman–Crippen LogP) is 2.81. The minimum atomic E-state index is -4.10. The lowest BCUT2D eigenvalue weighted by Crippen LogP contribution is -2.13. The number of nitrogens with two attached hydrogens (primary N) is 1. The van der Waals surface area contributed by atoms with E-state index in [4.69, 9.17) is 26.8 Å². The number of hydrogen-bond donors (Lipinski definition) is 1. The van der Waals surface area contributed by atoms with Crippen LogP contribution >= 0.6 is 11.6 Å². The molecule has 8 heteroatoms. The molecule has 1 amide bonds. The highest BCUT2D eigenvalue weighted by atomic mass is 35.5. The van der Waals surface area contributed by atoms with Crippen molar-refractivity contribution in [3.05, 3.63) is 64.2 Å². The van der Waals surface area contributed by atoms with Crippen LogP contribution < -0.4 is 9.92 Å². The maximum absolute atomic E-state index is 12.4. The molecule has 2 N–H and O–H groups in total. The molecule has 0 heterocycles. The summed E-state index contributed by atoms with van der Waals surface area (Å²) in [5.74, 6) is -1.03. The summed E-state index contributed by atoms with van der Waals surface area (Å²) in [6.07, 6.45) is 1.12. The number of benzene rings is 2. The molecule has 0 aliphatic heterocycles. The van der Waals surface area contributed by atoms with E-state index < -0.39 is 16.0 Å². The van der Waals surface area contributed by atoms with E-state index in [-0.39, 0.29) is 26.8 Å². The number of amides is 1. The van der Waals surface area contributed by atoms with Crippen LogP contribution in [-0.2, 0) is 14.9 Å². The maximum atomic E-state index is 12.4. The van der Waals surface area contributed by atoms with Gasteiger partial charge in [-0.15, -0.1) is 0 Å². The number of nitrogens with zero attached hydrogens (tertiary/aromatic N) is 1. The Bertz CT molecular complexity index is 990. The fraction of sp³-hybridized carbons (Fsp3) is 0.0588. The molecule has 0 spiro atoms.